The van der Waals surface area contributed by atoms with Crippen LogP contribution in [-0.4, -0.2) is 47.0 Å². The topological polar surface area (TPSA) is 120 Å². The molecule has 0 aliphatic heterocycles. The van der Waals surface area contributed by atoms with Crippen LogP contribution in [0.25, 0.3) is 5.95 Å². The molecular formula is C22H27N5O5. The number of hydrogen-bond donors (Lipinski definition) is 2. The van der Waals surface area contributed by atoms with Crippen molar-refractivity contribution in [3.63, 3.8) is 0 Å². The molecular weight excluding hydrogens is 414 g/mol. The standard InChI is InChI=1S/C22H27N5O5/c1-12-9-20(29)25-22(23-12)27-14(3)16(13(2)26-27)7-8-19(28)24-15-10-17(30-4)21(32-6)18(11-15)31-5/h9-11H,7-8H2,1-6H3,(H,24,28)(H,23,25,29). The number of rotatable bonds is 8. The molecule has 0 spiro atoms. The summed E-state index contributed by atoms with van der Waals surface area (Å²) in [5.41, 5.74) is 3.40. The van der Waals surface area contributed by atoms with Crippen LogP contribution in [0.1, 0.15) is 29.1 Å². The zero-order valence-electron chi connectivity index (χ0n) is 19.0. The first-order valence-electron chi connectivity index (χ1n) is 10.0. The first-order chi connectivity index (χ1) is 15.3. The lowest BCUT2D eigenvalue weighted by Gasteiger charge is -2.14. The van der Waals surface area contributed by atoms with E-state index in [1.165, 1.54) is 27.4 Å². The number of aromatic nitrogens is 4. The summed E-state index contributed by atoms with van der Waals surface area (Å²) in [4.78, 5) is 31.5. The quantitative estimate of drug-likeness (QED) is 0.551. The summed E-state index contributed by atoms with van der Waals surface area (Å²) >= 11 is 0. The minimum absolute atomic E-state index is 0.173. The van der Waals surface area contributed by atoms with Crippen molar-refractivity contribution in [2.75, 3.05) is 26.6 Å². The summed E-state index contributed by atoms with van der Waals surface area (Å²) in [6.07, 6.45) is 0.714. The molecule has 3 rings (SSSR count). The fourth-order valence-corrected chi connectivity index (χ4v) is 3.52. The van der Waals surface area contributed by atoms with E-state index in [4.69, 9.17) is 14.2 Å². The van der Waals surface area contributed by atoms with Crippen LogP contribution >= 0.6 is 0 Å². The van der Waals surface area contributed by atoms with Crippen LogP contribution in [0, 0.1) is 20.8 Å². The van der Waals surface area contributed by atoms with Gasteiger partial charge in [0.15, 0.2) is 11.5 Å². The van der Waals surface area contributed by atoms with Crippen molar-refractivity contribution in [2.45, 2.75) is 33.6 Å². The molecule has 0 fully saturated rings. The number of hydrogen-bond acceptors (Lipinski definition) is 7. The second kappa shape index (κ2) is 9.54. The zero-order valence-corrected chi connectivity index (χ0v) is 19.0. The van der Waals surface area contributed by atoms with Crippen molar-refractivity contribution in [3.8, 4) is 23.2 Å². The van der Waals surface area contributed by atoms with Gasteiger partial charge >= 0.3 is 0 Å². The lowest BCUT2D eigenvalue weighted by atomic mass is 10.1. The minimum atomic E-state index is -0.244. The molecule has 0 radical (unpaired) electrons. The summed E-state index contributed by atoms with van der Waals surface area (Å²) in [6, 6.07) is 4.77. The van der Waals surface area contributed by atoms with Crippen LogP contribution in [0.4, 0.5) is 5.69 Å². The van der Waals surface area contributed by atoms with E-state index >= 15 is 0 Å². The molecule has 2 aromatic heterocycles. The molecule has 1 aromatic carbocycles. The van der Waals surface area contributed by atoms with Crippen molar-refractivity contribution in [2.24, 2.45) is 0 Å². The Morgan fingerprint density at radius 1 is 1.06 bits per heavy atom. The van der Waals surface area contributed by atoms with Gasteiger partial charge in [-0.3, -0.25) is 14.6 Å². The predicted molar refractivity (Wildman–Crippen MR) is 119 cm³/mol. The minimum Gasteiger partial charge on any atom is -0.493 e. The van der Waals surface area contributed by atoms with Crippen LogP contribution in [0.2, 0.25) is 0 Å². The third-order valence-corrected chi connectivity index (χ3v) is 5.05. The number of nitrogens with one attached hydrogen (secondary N) is 2. The normalized spacial score (nSPS) is 10.7. The van der Waals surface area contributed by atoms with E-state index in [2.05, 4.69) is 20.4 Å². The van der Waals surface area contributed by atoms with Gasteiger partial charge < -0.3 is 19.5 Å². The van der Waals surface area contributed by atoms with E-state index in [0.29, 0.717) is 41.0 Å². The lowest BCUT2D eigenvalue weighted by Crippen LogP contribution is -2.15. The second-order valence-electron chi connectivity index (χ2n) is 7.23. The van der Waals surface area contributed by atoms with Crippen molar-refractivity contribution < 1.29 is 19.0 Å². The highest BCUT2D eigenvalue weighted by molar-refractivity contribution is 5.91. The third-order valence-electron chi connectivity index (χ3n) is 5.05. The van der Waals surface area contributed by atoms with Gasteiger partial charge in [-0.2, -0.15) is 5.10 Å². The highest BCUT2D eigenvalue weighted by atomic mass is 16.5. The van der Waals surface area contributed by atoms with Gasteiger partial charge in [-0.15, -0.1) is 0 Å². The number of carbonyl (C=O) groups is 1. The molecule has 0 atom stereocenters. The molecule has 0 bridgehead atoms. The maximum atomic E-state index is 12.6. The van der Waals surface area contributed by atoms with Crippen molar-refractivity contribution in [1.82, 2.24) is 19.7 Å². The van der Waals surface area contributed by atoms with Gasteiger partial charge in [0, 0.05) is 41.7 Å². The van der Waals surface area contributed by atoms with E-state index in [1.54, 1.807) is 23.7 Å². The number of aryl methyl sites for hydroxylation is 2. The Kier molecular flexibility index (Phi) is 6.82. The summed E-state index contributed by atoms with van der Waals surface area (Å²) in [7, 11) is 4.55. The van der Waals surface area contributed by atoms with Crippen LogP contribution in [0.15, 0.2) is 23.0 Å². The molecule has 1 amide bonds. The van der Waals surface area contributed by atoms with Gasteiger partial charge in [-0.05, 0) is 32.8 Å². The molecule has 0 aliphatic carbocycles. The number of carbonyl (C=O) groups excluding carboxylic acids is 1. The number of methoxy groups -OCH3 is 3. The Bertz CT molecular complexity index is 1170. The smallest absolute Gasteiger partial charge is 0.252 e. The number of H-pyrrole nitrogens is 1. The van der Waals surface area contributed by atoms with Crippen molar-refractivity contribution in [1.29, 1.82) is 0 Å². The van der Waals surface area contributed by atoms with E-state index in [1.807, 2.05) is 13.8 Å². The molecule has 2 N–H and O–H groups in total. The predicted octanol–water partition coefficient (Wildman–Crippen LogP) is 2.48. The van der Waals surface area contributed by atoms with E-state index < -0.39 is 0 Å². The Labute approximate surface area is 185 Å². The Morgan fingerprint density at radius 2 is 1.72 bits per heavy atom. The molecule has 0 aliphatic rings. The molecule has 0 unspecified atom stereocenters. The molecule has 170 valence electrons. The van der Waals surface area contributed by atoms with Gasteiger partial charge in [0.05, 0.1) is 27.0 Å². The van der Waals surface area contributed by atoms with Crippen molar-refractivity contribution >= 4 is 11.6 Å². The van der Waals surface area contributed by atoms with E-state index in [-0.39, 0.29) is 17.9 Å². The number of nitrogens with zero attached hydrogens (tertiary/aromatic N) is 3. The molecule has 0 saturated heterocycles. The van der Waals surface area contributed by atoms with Crippen LogP contribution in [0.5, 0.6) is 17.2 Å². The average Bonchev–Trinajstić information content (AvgIpc) is 3.04. The summed E-state index contributed by atoms with van der Waals surface area (Å²) in [5, 5.41) is 7.36. The number of benzene rings is 1. The van der Waals surface area contributed by atoms with Crippen LogP contribution < -0.4 is 25.1 Å². The largest absolute Gasteiger partial charge is 0.493 e. The summed E-state index contributed by atoms with van der Waals surface area (Å²) in [6.45, 7) is 5.50. The van der Waals surface area contributed by atoms with Gasteiger partial charge in [0.25, 0.3) is 5.56 Å². The first kappa shape index (κ1) is 22.9. The molecule has 10 heteroatoms. The number of aromatic amines is 1. The Morgan fingerprint density at radius 3 is 2.28 bits per heavy atom. The third kappa shape index (κ3) is 4.74. The molecule has 10 nitrogen and oxygen atoms in total. The summed E-state index contributed by atoms with van der Waals surface area (Å²) < 4.78 is 17.5. The second-order valence-corrected chi connectivity index (χ2v) is 7.23. The molecule has 3 aromatic rings. The lowest BCUT2D eigenvalue weighted by molar-refractivity contribution is -0.116. The monoisotopic (exact) mass is 441 g/mol. The fraction of sp³-hybridized carbons (Fsp3) is 0.364. The van der Waals surface area contributed by atoms with Gasteiger partial charge in [0.2, 0.25) is 17.6 Å². The summed E-state index contributed by atoms with van der Waals surface area (Å²) in [5.74, 6) is 1.54. The molecule has 0 saturated carbocycles. The maximum Gasteiger partial charge on any atom is 0.252 e. The number of ether oxygens (including phenoxy) is 3. The van der Waals surface area contributed by atoms with Gasteiger partial charge in [0.1, 0.15) is 0 Å². The Balaban J connectivity index is 1.76. The molecule has 32 heavy (non-hydrogen) atoms. The van der Waals surface area contributed by atoms with E-state index in [0.717, 1.165) is 17.0 Å². The van der Waals surface area contributed by atoms with E-state index in [9.17, 15) is 9.59 Å². The van der Waals surface area contributed by atoms with Crippen LogP contribution in [0.3, 0.4) is 0 Å². The zero-order chi connectivity index (χ0) is 23.4. The first-order valence-corrected chi connectivity index (χ1v) is 10.0. The average molecular weight is 441 g/mol. The number of amides is 1. The molecule has 2 heterocycles. The highest BCUT2D eigenvalue weighted by Crippen LogP contribution is 2.39. The van der Waals surface area contributed by atoms with Gasteiger partial charge in [-0.25, -0.2) is 9.67 Å². The van der Waals surface area contributed by atoms with Crippen LogP contribution in [-0.2, 0) is 11.2 Å². The van der Waals surface area contributed by atoms with Crippen molar-refractivity contribution in [3.05, 3.63) is 51.2 Å². The number of anilines is 1. The highest BCUT2D eigenvalue weighted by Gasteiger charge is 2.17. The Hall–Kier alpha value is -3.82. The maximum absolute atomic E-state index is 12.6. The SMILES string of the molecule is COc1cc(NC(=O)CCc2c(C)nn(-c3nc(C)cc(=O)[nH]3)c2C)cc(OC)c1OC. The van der Waals surface area contributed by atoms with Gasteiger partial charge in [-0.1, -0.05) is 0 Å². The fourth-order valence-electron chi connectivity index (χ4n) is 3.52.